The first-order chi connectivity index (χ1) is 8.74. The quantitative estimate of drug-likeness (QED) is 0.836. The summed E-state index contributed by atoms with van der Waals surface area (Å²) in [4.78, 5) is 2.39. The van der Waals surface area contributed by atoms with Crippen LogP contribution in [0, 0.1) is 6.92 Å². The van der Waals surface area contributed by atoms with Crippen LogP contribution in [0.4, 0.5) is 0 Å². The number of nitrogens with zero attached hydrogens (tertiary/aromatic N) is 1. The Bertz CT molecular complexity index is 546. The number of hydrogen-bond donors (Lipinski definition) is 1. The zero-order valence-electron chi connectivity index (χ0n) is 11.1. The van der Waals surface area contributed by atoms with E-state index in [4.69, 9.17) is 4.42 Å². The lowest BCUT2D eigenvalue weighted by molar-refractivity contribution is 0.326. The van der Waals surface area contributed by atoms with Crippen molar-refractivity contribution in [2.24, 2.45) is 0 Å². The lowest BCUT2D eigenvalue weighted by Crippen LogP contribution is -2.28. The van der Waals surface area contributed by atoms with E-state index < -0.39 is 0 Å². The van der Waals surface area contributed by atoms with Crippen molar-refractivity contribution in [1.29, 1.82) is 0 Å². The number of benzene rings is 1. The molecule has 0 radical (unpaired) electrons. The molecule has 3 heteroatoms. The summed E-state index contributed by atoms with van der Waals surface area (Å²) in [5.41, 5.74) is 3.57. The highest BCUT2D eigenvalue weighted by Gasteiger charge is 2.20. The first-order valence-electron chi connectivity index (χ1n) is 6.64. The second-order valence-corrected chi connectivity index (χ2v) is 5.31. The zero-order chi connectivity index (χ0) is 12.5. The number of rotatable bonds is 1. The highest BCUT2D eigenvalue weighted by molar-refractivity contribution is 5.82. The third kappa shape index (κ3) is 2.16. The molecular formula is C15H20N2O. The van der Waals surface area contributed by atoms with Gasteiger partial charge in [-0.3, -0.25) is 0 Å². The van der Waals surface area contributed by atoms with Crippen molar-refractivity contribution in [3.63, 3.8) is 0 Å². The molecule has 1 aliphatic heterocycles. The number of furan rings is 1. The summed E-state index contributed by atoms with van der Waals surface area (Å²) in [5.74, 6) is 0. The molecular weight excluding hydrogens is 224 g/mol. The number of hydrogen-bond acceptors (Lipinski definition) is 3. The van der Waals surface area contributed by atoms with Crippen molar-refractivity contribution in [2.45, 2.75) is 19.4 Å². The van der Waals surface area contributed by atoms with Gasteiger partial charge < -0.3 is 14.6 Å². The van der Waals surface area contributed by atoms with Crippen LogP contribution in [0.2, 0.25) is 0 Å². The maximum atomic E-state index is 5.67. The van der Waals surface area contributed by atoms with Crippen molar-refractivity contribution in [3.8, 4) is 0 Å². The summed E-state index contributed by atoms with van der Waals surface area (Å²) in [5, 5.41) is 4.88. The Labute approximate surface area is 108 Å². The molecule has 0 bridgehead atoms. The molecule has 0 saturated carbocycles. The van der Waals surface area contributed by atoms with Crippen molar-refractivity contribution < 1.29 is 4.42 Å². The monoisotopic (exact) mass is 244 g/mol. The van der Waals surface area contributed by atoms with Crippen LogP contribution in [0.5, 0.6) is 0 Å². The molecule has 1 aromatic heterocycles. The van der Waals surface area contributed by atoms with Gasteiger partial charge in [0.25, 0.3) is 0 Å². The second kappa shape index (κ2) is 4.75. The first-order valence-corrected chi connectivity index (χ1v) is 6.64. The Hall–Kier alpha value is -1.32. The molecule has 1 unspecified atom stereocenters. The van der Waals surface area contributed by atoms with Gasteiger partial charge >= 0.3 is 0 Å². The largest absolute Gasteiger partial charge is 0.464 e. The van der Waals surface area contributed by atoms with E-state index in [1.807, 2.05) is 6.26 Å². The minimum absolute atomic E-state index is 0.376. The van der Waals surface area contributed by atoms with Gasteiger partial charge in [0.2, 0.25) is 0 Å². The lowest BCUT2D eigenvalue weighted by atomic mass is 10.0. The van der Waals surface area contributed by atoms with Gasteiger partial charge in [-0.2, -0.15) is 0 Å². The minimum Gasteiger partial charge on any atom is -0.464 e. The number of fused-ring (bicyclic) bond motifs is 1. The Morgan fingerprint density at radius 3 is 3.17 bits per heavy atom. The number of nitrogens with one attached hydrogen (secondary N) is 1. The van der Waals surface area contributed by atoms with E-state index >= 15 is 0 Å². The lowest BCUT2D eigenvalue weighted by Gasteiger charge is -2.19. The normalized spacial score (nSPS) is 22.2. The summed E-state index contributed by atoms with van der Waals surface area (Å²) in [6.07, 6.45) is 3.13. The molecule has 1 aliphatic rings. The van der Waals surface area contributed by atoms with Crippen LogP contribution in [0.25, 0.3) is 11.0 Å². The molecule has 1 fully saturated rings. The Balaban J connectivity index is 1.99. The fraction of sp³-hybridized carbons (Fsp3) is 0.467. The van der Waals surface area contributed by atoms with Crippen LogP contribution < -0.4 is 5.32 Å². The molecule has 2 heterocycles. The van der Waals surface area contributed by atoms with Crippen molar-refractivity contribution >= 4 is 11.0 Å². The molecule has 18 heavy (non-hydrogen) atoms. The summed E-state index contributed by atoms with van der Waals surface area (Å²) in [6.45, 7) is 5.41. The van der Waals surface area contributed by atoms with Crippen molar-refractivity contribution in [2.75, 3.05) is 26.7 Å². The van der Waals surface area contributed by atoms with Crippen LogP contribution in [0.1, 0.15) is 23.6 Å². The third-order valence-electron chi connectivity index (χ3n) is 3.74. The van der Waals surface area contributed by atoms with Gasteiger partial charge in [0.1, 0.15) is 5.58 Å². The van der Waals surface area contributed by atoms with E-state index in [1.54, 1.807) is 0 Å². The number of likely N-dealkylation sites (N-methyl/N-ethyl adjacent to an activating group) is 1. The zero-order valence-corrected chi connectivity index (χ0v) is 11.1. The second-order valence-electron chi connectivity index (χ2n) is 5.31. The summed E-state index contributed by atoms with van der Waals surface area (Å²) in [7, 11) is 2.19. The molecule has 0 aliphatic carbocycles. The highest BCUT2D eigenvalue weighted by atomic mass is 16.3. The van der Waals surface area contributed by atoms with Gasteiger partial charge in [-0.1, -0.05) is 11.6 Å². The molecule has 96 valence electrons. The third-order valence-corrected chi connectivity index (χ3v) is 3.74. The first kappa shape index (κ1) is 11.8. The maximum absolute atomic E-state index is 5.67. The van der Waals surface area contributed by atoms with E-state index in [-0.39, 0.29) is 0 Å². The Morgan fingerprint density at radius 2 is 2.28 bits per heavy atom. The van der Waals surface area contributed by atoms with E-state index in [9.17, 15) is 0 Å². The van der Waals surface area contributed by atoms with Gasteiger partial charge in [-0.25, -0.2) is 0 Å². The van der Waals surface area contributed by atoms with Crippen molar-refractivity contribution in [1.82, 2.24) is 10.2 Å². The van der Waals surface area contributed by atoms with E-state index in [1.165, 1.54) is 22.9 Å². The maximum Gasteiger partial charge on any atom is 0.134 e. The van der Waals surface area contributed by atoms with Crippen LogP contribution in [-0.2, 0) is 0 Å². The Morgan fingerprint density at radius 1 is 1.39 bits per heavy atom. The van der Waals surface area contributed by atoms with Crippen molar-refractivity contribution in [3.05, 3.63) is 35.6 Å². The van der Waals surface area contributed by atoms with Crippen LogP contribution >= 0.6 is 0 Å². The predicted octanol–water partition coefficient (Wildman–Crippen LogP) is 2.71. The van der Waals surface area contributed by atoms with Gasteiger partial charge in [0, 0.05) is 23.5 Å². The van der Waals surface area contributed by atoms with Gasteiger partial charge in [0.05, 0.1) is 6.26 Å². The summed E-state index contributed by atoms with van der Waals surface area (Å²) in [6, 6.07) is 6.76. The molecule has 1 aromatic carbocycles. The molecule has 3 nitrogen and oxygen atoms in total. The smallest absolute Gasteiger partial charge is 0.134 e. The Kier molecular flexibility index (Phi) is 3.10. The van der Waals surface area contributed by atoms with Crippen LogP contribution in [0.3, 0.4) is 0 Å². The fourth-order valence-corrected chi connectivity index (χ4v) is 2.73. The van der Waals surface area contributed by atoms with E-state index in [0.717, 1.165) is 25.2 Å². The molecule has 1 atom stereocenters. The molecule has 1 saturated heterocycles. The van der Waals surface area contributed by atoms with Gasteiger partial charge in [0.15, 0.2) is 0 Å². The van der Waals surface area contributed by atoms with Crippen LogP contribution in [0.15, 0.2) is 28.9 Å². The van der Waals surface area contributed by atoms with E-state index in [2.05, 4.69) is 42.4 Å². The standard InChI is InChI=1S/C15H20N2O/c1-11-4-5-15-12(8-11)13(10-18-15)14-9-17(2)7-3-6-16-14/h4-5,8,10,14,16H,3,6-7,9H2,1-2H3. The van der Waals surface area contributed by atoms with Crippen LogP contribution in [-0.4, -0.2) is 31.6 Å². The molecule has 3 rings (SSSR count). The molecule has 2 aromatic rings. The SMILES string of the molecule is Cc1ccc2occ(C3CN(C)CCCN3)c2c1. The van der Waals surface area contributed by atoms with E-state index in [0.29, 0.717) is 6.04 Å². The topological polar surface area (TPSA) is 28.4 Å². The average Bonchev–Trinajstić information content (AvgIpc) is 2.64. The average molecular weight is 244 g/mol. The molecule has 1 N–H and O–H groups in total. The fourth-order valence-electron chi connectivity index (χ4n) is 2.73. The summed E-state index contributed by atoms with van der Waals surface area (Å²) < 4.78 is 5.67. The highest BCUT2D eigenvalue weighted by Crippen LogP contribution is 2.28. The molecule has 0 amide bonds. The number of aryl methyl sites for hydroxylation is 1. The summed E-state index contributed by atoms with van der Waals surface area (Å²) >= 11 is 0. The van der Waals surface area contributed by atoms with Gasteiger partial charge in [-0.15, -0.1) is 0 Å². The minimum atomic E-state index is 0.376. The predicted molar refractivity (Wildman–Crippen MR) is 73.8 cm³/mol. The van der Waals surface area contributed by atoms with Gasteiger partial charge in [-0.05, 0) is 45.6 Å². The molecule has 0 spiro atoms.